The maximum atomic E-state index is 14.7. The van der Waals surface area contributed by atoms with Gasteiger partial charge in [0.15, 0.2) is 12.2 Å². The van der Waals surface area contributed by atoms with Crippen molar-refractivity contribution >= 4 is 27.5 Å². The Morgan fingerprint density at radius 1 is 1.10 bits per heavy atom. The first kappa shape index (κ1) is 33.1. The largest absolute Gasteiger partial charge is 0.506 e. The number of aromatic amines is 1. The van der Waals surface area contributed by atoms with Crippen molar-refractivity contribution in [3.05, 3.63) is 105 Å². The number of likely N-dealkylation sites (tertiary alicyclic amines) is 1. The molecule has 0 unspecified atom stereocenters. The lowest BCUT2D eigenvalue weighted by molar-refractivity contribution is -0.127. The number of phenolic OH excluding ortho intramolecular Hbond substituents is 1. The molecule has 2 aliphatic heterocycles. The molecular formula is C36H38FN5O6S. The standard InChI is InChI=1S/C36H38FN5O6S/c37-27-16-23(7-10-38-18-30(44)28-5-6-29(43)32-33(28)49-35(46)40-32)15-24(17-27)20-41-11-8-36(9-12-41)21-42(13-14-48-36)34(45)26-3-1-25(2-4-26)31-19-39-22-47-31/h1-6,15-17,19,22,30,38,43-44H,7-14,18,20-21H2,(H,40,46)/t30-/m0/s1. The number of fused-ring (bicyclic) bond motifs is 1. The number of aliphatic hydroxyl groups is 1. The molecule has 49 heavy (non-hydrogen) atoms. The number of nitrogens with zero attached hydrogens (tertiary/aromatic N) is 3. The van der Waals surface area contributed by atoms with Crippen molar-refractivity contribution in [2.75, 3.05) is 45.9 Å². The summed E-state index contributed by atoms with van der Waals surface area (Å²) < 4.78 is 26.9. The van der Waals surface area contributed by atoms with Crippen LogP contribution in [0.2, 0.25) is 0 Å². The van der Waals surface area contributed by atoms with E-state index in [1.54, 1.807) is 18.3 Å². The van der Waals surface area contributed by atoms with Gasteiger partial charge in [0, 0.05) is 49.4 Å². The van der Waals surface area contributed by atoms with Gasteiger partial charge >= 0.3 is 4.87 Å². The molecule has 256 valence electrons. The highest BCUT2D eigenvalue weighted by Gasteiger charge is 2.41. The Morgan fingerprint density at radius 3 is 2.67 bits per heavy atom. The minimum Gasteiger partial charge on any atom is -0.506 e. The second kappa shape index (κ2) is 14.2. The number of carbonyl (C=O) groups is 1. The van der Waals surface area contributed by atoms with Crippen LogP contribution in [0, 0.1) is 5.82 Å². The number of oxazole rings is 1. The summed E-state index contributed by atoms with van der Waals surface area (Å²) in [5.41, 5.74) is 3.75. The fourth-order valence-corrected chi connectivity index (χ4v) is 7.77. The van der Waals surface area contributed by atoms with E-state index < -0.39 is 11.7 Å². The van der Waals surface area contributed by atoms with Gasteiger partial charge in [0.2, 0.25) is 0 Å². The van der Waals surface area contributed by atoms with E-state index in [-0.39, 0.29) is 28.9 Å². The number of aromatic nitrogens is 2. The zero-order valence-corrected chi connectivity index (χ0v) is 27.7. The second-order valence-electron chi connectivity index (χ2n) is 12.8. The highest BCUT2D eigenvalue weighted by molar-refractivity contribution is 7.16. The van der Waals surface area contributed by atoms with Gasteiger partial charge in [-0.1, -0.05) is 35.6 Å². The zero-order valence-electron chi connectivity index (χ0n) is 26.9. The molecule has 11 nitrogen and oxygen atoms in total. The van der Waals surface area contributed by atoms with Gasteiger partial charge in [-0.3, -0.25) is 14.5 Å². The molecule has 13 heteroatoms. The molecule has 0 aliphatic carbocycles. The summed E-state index contributed by atoms with van der Waals surface area (Å²) in [7, 11) is 0. The van der Waals surface area contributed by atoms with Crippen molar-refractivity contribution < 1.29 is 28.6 Å². The monoisotopic (exact) mass is 687 g/mol. The van der Waals surface area contributed by atoms with E-state index in [2.05, 4.69) is 20.2 Å². The van der Waals surface area contributed by atoms with Crippen LogP contribution in [-0.2, 0) is 17.7 Å². The van der Waals surface area contributed by atoms with E-state index in [1.807, 2.05) is 35.2 Å². The van der Waals surface area contributed by atoms with Crippen molar-refractivity contribution in [3.8, 4) is 17.1 Å². The topological polar surface area (TPSA) is 144 Å². The molecule has 1 amide bonds. The highest BCUT2D eigenvalue weighted by atomic mass is 32.1. The van der Waals surface area contributed by atoms with Crippen LogP contribution in [-0.4, -0.2) is 87.4 Å². The first-order valence-electron chi connectivity index (χ1n) is 16.4. The molecule has 1 atom stereocenters. The average Bonchev–Trinajstić information content (AvgIpc) is 3.78. The first-order chi connectivity index (χ1) is 23.7. The fourth-order valence-electron chi connectivity index (χ4n) is 6.85. The highest BCUT2D eigenvalue weighted by Crippen LogP contribution is 2.33. The number of H-pyrrole nitrogens is 1. The van der Waals surface area contributed by atoms with E-state index >= 15 is 0 Å². The second-order valence-corrected chi connectivity index (χ2v) is 13.8. The van der Waals surface area contributed by atoms with Gasteiger partial charge in [-0.2, -0.15) is 0 Å². The number of hydrogen-bond acceptors (Lipinski definition) is 10. The predicted octanol–water partition coefficient (Wildman–Crippen LogP) is 4.46. The Kier molecular flexibility index (Phi) is 9.61. The van der Waals surface area contributed by atoms with Crippen molar-refractivity contribution in [3.63, 3.8) is 0 Å². The molecule has 0 bridgehead atoms. The molecule has 0 radical (unpaired) electrons. The van der Waals surface area contributed by atoms with E-state index in [4.69, 9.17) is 9.15 Å². The molecule has 2 aromatic heterocycles. The van der Waals surface area contributed by atoms with Crippen LogP contribution in [0.15, 0.2) is 76.4 Å². The first-order valence-corrected chi connectivity index (χ1v) is 17.2. The molecule has 7 rings (SSSR count). The number of morpholine rings is 1. The Morgan fingerprint density at radius 2 is 1.90 bits per heavy atom. The lowest BCUT2D eigenvalue weighted by Crippen LogP contribution is -2.57. The van der Waals surface area contributed by atoms with Crippen LogP contribution in [0.5, 0.6) is 5.75 Å². The van der Waals surface area contributed by atoms with E-state index in [9.17, 15) is 24.2 Å². The summed E-state index contributed by atoms with van der Waals surface area (Å²) in [5.74, 6) is 0.324. The average molecular weight is 688 g/mol. The van der Waals surface area contributed by atoms with Gasteiger partial charge in [0.25, 0.3) is 5.91 Å². The van der Waals surface area contributed by atoms with Crippen molar-refractivity contribution in [1.82, 2.24) is 25.1 Å². The number of thiazole rings is 1. The van der Waals surface area contributed by atoms with Crippen LogP contribution < -0.4 is 10.2 Å². The van der Waals surface area contributed by atoms with Crippen LogP contribution in [0.1, 0.15) is 46.0 Å². The number of aromatic hydroxyl groups is 1. The molecule has 2 aliphatic rings. The molecule has 5 aromatic rings. The lowest BCUT2D eigenvalue weighted by atomic mass is 9.88. The molecule has 2 saturated heterocycles. The maximum absolute atomic E-state index is 14.7. The minimum absolute atomic E-state index is 0.0119. The van der Waals surface area contributed by atoms with Crippen LogP contribution in [0.4, 0.5) is 4.39 Å². The van der Waals surface area contributed by atoms with Crippen LogP contribution in [0.25, 0.3) is 21.5 Å². The van der Waals surface area contributed by atoms with Crippen molar-refractivity contribution in [2.24, 2.45) is 0 Å². The van der Waals surface area contributed by atoms with Crippen LogP contribution >= 0.6 is 11.3 Å². The predicted molar refractivity (Wildman–Crippen MR) is 183 cm³/mol. The number of aliphatic hydroxyl groups excluding tert-OH is 1. The number of phenols is 1. The number of halogens is 1. The minimum atomic E-state index is -0.879. The van der Waals surface area contributed by atoms with Crippen molar-refractivity contribution in [2.45, 2.75) is 37.5 Å². The number of nitrogens with one attached hydrogen (secondary N) is 2. The molecule has 0 saturated carbocycles. The molecular weight excluding hydrogens is 649 g/mol. The number of piperidine rings is 1. The van der Waals surface area contributed by atoms with Gasteiger partial charge in [-0.15, -0.1) is 0 Å². The lowest BCUT2D eigenvalue weighted by Gasteiger charge is -2.47. The Labute approximate surface area is 286 Å². The molecule has 1 spiro atoms. The number of carbonyl (C=O) groups excluding carboxylic acids is 1. The number of benzene rings is 3. The summed E-state index contributed by atoms with van der Waals surface area (Å²) >= 11 is 0.950. The third kappa shape index (κ3) is 7.46. The smallest absolute Gasteiger partial charge is 0.305 e. The summed E-state index contributed by atoms with van der Waals surface area (Å²) in [6.07, 6.45) is 4.28. The van der Waals surface area contributed by atoms with Gasteiger partial charge < -0.3 is 34.6 Å². The third-order valence-corrected chi connectivity index (χ3v) is 10.4. The van der Waals surface area contributed by atoms with Crippen molar-refractivity contribution in [1.29, 1.82) is 0 Å². The zero-order chi connectivity index (χ0) is 34.0. The number of ether oxygens (including phenoxy) is 1. The molecule has 4 N–H and O–H groups in total. The summed E-state index contributed by atoms with van der Waals surface area (Å²) in [4.78, 5) is 35.6. The Bertz CT molecular complexity index is 1970. The molecule has 2 fully saturated rings. The van der Waals surface area contributed by atoms with Gasteiger partial charge in [0.05, 0.1) is 35.8 Å². The quantitative estimate of drug-likeness (QED) is 0.157. The molecule has 4 heterocycles. The number of rotatable bonds is 10. The SMILES string of the molecule is O=C(c1ccc(-c2cnco2)cc1)N1CCOC2(CCN(Cc3cc(F)cc(CCNC[C@H](O)c4ccc(O)c5[nH]c(=O)sc45)c3)CC2)C1. The maximum Gasteiger partial charge on any atom is 0.305 e. The summed E-state index contributed by atoms with van der Waals surface area (Å²) in [6, 6.07) is 15.6. The Hall–Kier alpha value is -4.40. The number of amides is 1. The van der Waals surface area contributed by atoms with E-state index in [0.717, 1.165) is 54.0 Å². The third-order valence-electron chi connectivity index (χ3n) is 9.45. The van der Waals surface area contributed by atoms with Gasteiger partial charge in [-0.25, -0.2) is 9.37 Å². The normalized spacial score (nSPS) is 17.1. The van der Waals surface area contributed by atoms with Gasteiger partial charge in [0.1, 0.15) is 17.1 Å². The van der Waals surface area contributed by atoms with Crippen LogP contribution in [0.3, 0.4) is 0 Å². The fraction of sp³-hybridized carbons (Fsp3) is 0.361. The summed E-state index contributed by atoms with van der Waals surface area (Å²) in [5, 5.41) is 24.0. The Balaban J connectivity index is 0.894. The van der Waals surface area contributed by atoms with Gasteiger partial charge in [-0.05, 0) is 67.3 Å². The van der Waals surface area contributed by atoms with E-state index in [0.29, 0.717) is 66.3 Å². The number of hydrogen-bond donors (Lipinski definition) is 4. The molecule has 3 aromatic carbocycles. The summed E-state index contributed by atoms with van der Waals surface area (Å²) in [6.45, 7) is 4.51. The van der Waals surface area contributed by atoms with E-state index in [1.165, 1.54) is 18.5 Å².